The summed E-state index contributed by atoms with van der Waals surface area (Å²) in [6.07, 6.45) is 3.34. The predicted octanol–water partition coefficient (Wildman–Crippen LogP) is 0.749. The van der Waals surface area contributed by atoms with Gasteiger partial charge in [0.2, 0.25) is 0 Å². The highest BCUT2D eigenvalue weighted by Crippen LogP contribution is 2.07. The van der Waals surface area contributed by atoms with Gasteiger partial charge < -0.3 is 10.5 Å². The van der Waals surface area contributed by atoms with Gasteiger partial charge in [-0.2, -0.15) is 0 Å². The van der Waals surface area contributed by atoms with Crippen molar-refractivity contribution in [2.24, 2.45) is 0 Å². The molecule has 0 unspecified atom stereocenters. The van der Waals surface area contributed by atoms with Gasteiger partial charge >= 0.3 is 0 Å². The highest BCUT2D eigenvalue weighted by molar-refractivity contribution is 7.99. The number of nitrogens with one attached hydrogen (secondary N) is 1. The maximum atomic E-state index is 5.39. The van der Waals surface area contributed by atoms with Crippen LogP contribution in [0.4, 0.5) is 11.6 Å². The monoisotopic (exact) mass is 156 g/mol. The van der Waals surface area contributed by atoms with Crippen LogP contribution in [-0.4, -0.2) is 16.2 Å². The van der Waals surface area contributed by atoms with E-state index in [1.54, 1.807) is 6.07 Å². The summed E-state index contributed by atoms with van der Waals surface area (Å²) in [6, 6.07) is 1.68. The Labute approximate surface area is 63.4 Å². The van der Waals surface area contributed by atoms with Crippen molar-refractivity contribution < 1.29 is 0 Å². The Morgan fingerprint density at radius 3 is 3.00 bits per heavy atom. The number of hydrogen-bond acceptors (Lipinski definition) is 5. The summed E-state index contributed by atoms with van der Waals surface area (Å²) in [7, 11) is 0. The summed E-state index contributed by atoms with van der Waals surface area (Å²) in [6.45, 7) is 0. The number of nitrogens with two attached hydrogens (primary N) is 1. The lowest BCUT2D eigenvalue weighted by Crippen LogP contribution is -1.94. The topological polar surface area (TPSA) is 63.8 Å². The minimum absolute atomic E-state index is 0.478. The summed E-state index contributed by atoms with van der Waals surface area (Å²) >= 11 is 1.47. The molecular weight excluding hydrogens is 148 g/mol. The van der Waals surface area contributed by atoms with Crippen molar-refractivity contribution in [2.45, 2.75) is 0 Å². The Bertz CT molecular complexity index is 215. The summed E-state index contributed by atoms with van der Waals surface area (Å²) in [5, 5.41) is 0. The normalized spacial score (nSPS) is 9.30. The van der Waals surface area contributed by atoms with E-state index in [1.807, 2.05) is 6.26 Å². The second-order valence-corrected chi connectivity index (χ2v) is 2.25. The van der Waals surface area contributed by atoms with Crippen LogP contribution in [0.25, 0.3) is 0 Å². The van der Waals surface area contributed by atoms with Crippen LogP contribution in [-0.2, 0) is 0 Å². The summed E-state index contributed by atoms with van der Waals surface area (Å²) < 4.78 is 2.93. The molecule has 0 spiro atoms. The second-order valence-electron chi connectivity index (χ2n) is 1.63. The van der Waals surface area contributed by atoms with Gasteiger partial charge in [-0.25, -0.2) is 9.97 Å². The van der Waals surface area contributed by atoms with Crippen LogP contribution in [0.5, 0.6) is 0 Å². The maximum Gasteiger partial charge on any atom is 0.141 e. The van der Waals surface area contributed by atoms with Crippen LogP contribution in [0.15, 0.2) is 12.4 Å². The molecule has 0 bridgehead atoms. The van der Waals surface area contributed by atoms with E-state index < -0.39 is 0 Å². The van der Waals surface area contributed by atoms with Gasteiger partial charge in [0, 0.05) is 12.3 Å². The molecule has 0 aliphatic heterocycles. The fourth-order valence-electron chi connectivity index (χ4n) is 0.533. The number of anilines is 2. The number of nitrogen functional groups attached to an aromatic ring is 1. The molecule has 0 aliphatic carbocycles. The van der Waals surface area contributed by atoms with Gasteiger partial charge in [-0.3, -0.25) is 0 Å². The van der Waals surface area contributed by atoms with Crippen molar-refractivity contribution in [3.05, 3.63) is 12.4 Å². The third-order valence-corrected chi connectivity index (χ3v) is 1.31. The fraction of sp³-hybridized carbons (Fsp3) is 0.200. The number of hydrogen-bond donors (Lipinski definition) is 2. The summed E-state index contributed by atoms with van der Waals surface area (Å²) in [4.78, 5) is 7.65. The van der Waals surface area contributed by atoms with E-state index in [0.29, 0.717) is 5.82 Å². The van der Waals surface area contributed by atoms with Crippen LogP contribution in [0, 0.1) is 0 Å². The van der Waals surface area contributed by atoms with Crippen molar-refractivity contribution >= 4 is 23.6 Å². The molecule has 0 fully saturated rings. The SMILES string of the molecule is CSNc1cc(N)ncn1. The number of rotatable bonds is 2. The average Bonchev–Trinajstić information content (AvgIpc) is 1.88. The lowest BCUT2D eigenvalue weighted by molar-refractivity contribution is 1.19. The van der Waals surface area contributed by atoms with Crippen molar-refractivity contribution in [2.75, 3.05) is 16.7 Å². The standard InChI is InChI=1S/C5H8N4S/c1-10-9-5-2-4(6)7-3-8-5/h2-3H,1H3,(H3,6,7,8,9). The Balaban J connectivity index is 2.75. The first-order chi connectivity index (χ1) is 4.83. The summed E-state index contributed by atoms with van der Waals surface area (Å²) in [5.41, 5.74) is 5.39. The molecule has 5 heteroatoms. The van der Waals surface area contributed by atoms with E-state index >= 15 is 0 Å². The molecule has 0 amide bonds. The molecule has 54 valence electrons. The van der Waals surface area contributed by atoms with E-state index in [9.17, 15) is 0 Å². The van der Waals surface area contributed by atoms with Gasteiger partial charge in [-0.05, 0) is 0 Å². The Morgan fingerprint density at radius 2 is 2.40 bits per heavy atom. The lowest BCUT2D eigenvalue weighted by Gasteiger charge is -1.98. The van der Waals surface area contributed by atoms with E-state index in [2.05, 4.69) is 14.7 Å². The van der Waals surface area contributed by atoms with E-state index in [-0.39, 0.29) is 0 Å². The zero-order valence-electron chi connectivity index (χ0n) is 5.53. The lowest BCUT2D eigenvalue weighted by atomic mass is 10.5. The van der Waals surface area contributed by atoms with E-state index in [1.165, 1.54) is 18.3 Å². The molecule has 10 heavy (non-hydrogen) atoms. The molecule has 0 atom stereocenters. The molecule has 0 saturated carbocycles. The van der Waals surface area contributed by atoms with Crippen molar-refractivity contribution in [3.63, 3.8) is 0 Å². The van der Waals surface area contributed by atoms with Gasteiger partial charge in [-0.1, -0.05) is 11.9 Å². The third kappa shape index (κ3) is 1.77. The first-order valence-corrected chi connectivity index (χ1v) is 3.92. The van der Waals surface area contributed by atoms with Gasteiger partial charge in [0.15, 0.2) is 0 Å². The second kappa shape index (κ2) is 3.26. The molecule has 4 nitrogen and oxygen atoms in total. The van der Waals surface area contributed by atoms with E-state index in [0.717, 1.165) is 5.82 Å². The Morgan fingerprint density at radius 1 is 1.60 bits per heavy atom. The first kappa shape index (κ1) is 7.14. The van der Waals surface area contributed by atoms with Gasteiger partial charge in [-0.15, -0.1) is 0 Å². The van der Waals surface area contributed by atoms with Crippen molar-refractivity contribution in [1.29, 1.82) is 0 Å². The van der Waals surface area contributed by atoms with Crippen molar-refractivity contribution in [3.8, 4) is 0 Å². The maximum absolute atomic E-state index is 5.39. The number of aromatic nitrogens is 2. The number of nitrogens with zero attached hydrogens (tertiary/aromatic N) is 2. The van der Waals surface area contributed by atoms with Crippen LogP contribution in [0.3, 0.4) is 0 Å². The van der Waals surface area contributed by atoms with Crippen LogP contribution in [0.2, 0.25) is 0 Å². The molecule has 0 radical (unpaired) electrons. The van der Waals surface area contributed by atoms with Crippen molar-refractivity contribution in [1.82, 2.24) is 9.97 Å². The van der Waals surface area contributed by atoms with Crippen LogP contribution in [0.1, 0.15) is 0 Å². The quantitative estimate of drug-likeness (QED) is 0.618. The molecule has 1 aromatic rings. The molecule has 0 aliphatic rings. The highest BCUT2D eigenvalue weighted by atomic mass is 32.2. The largest absolute Gasteiger partial charge is 0.384 e. The Kier molecular flexibility index (Phi) is 2.33. The van der Waals surface area contributed by atoms with Crippen LogP contribution < -0.4 is 10.5 Å². The molecule has 1 aromatic heterocycles. The zero-order chi connectivity index (χ0) is 7.40. The van der Waals surface area contributed by atoms with E-state index in [4.69, 9.17) is 5.73 Å². The molecule has 0 saturated heterocycles. The molecule has 1 heterocycles. The van der Waals surface area contributed by atoms with Crippen LogP contribution >= 0.6 is 11.9 Å². The molecule has 1 rings (SSSR count). The van der Waals surface area contributed by atoms with Gasteiger partial charge in [0.05, 0.1) is 0 Å². The molecule has 0 aromatic carbocycles. The molecule has 3 N–H and O–H groups in total. The minimum Gasteiger partial charge on any atom is -0.384 e. The summed E-state index contributed by atoms with van der Waals surface area (Å²) in [5.74, 6) is 1.21. The Hall–Kier alpha value is -0.970. The smallest absolute Gasteiger partial charge is 0.141 e. The van der Waals surface area contributed by atoms with Gasteiger partial charge in [0.1, 0.15) is 18.0 Å². The zero-order valence-corrected chi connectivity index (χ0v) is 6.35. The molecular formula is C5H8N4S. The first-order valence-electron chi connectivity index (χ1n) is 2.69. The average molecular weight is 156 g/mol. The third-order valence-electron chi connectivity index (χ3n) is 0.895. The van der Waals surface area contributed by atoms with Gasteiger partial charge in [0.25, 0.3) is 0 Å². The minimum atomic E-state index is 0.478. The predicted molar refractivity (Wildman–Crippen MR) is 43.6 cm³/mol. The fourth-order valence-corrected chi connectivity index (χ4v) is 0.854. The highest BCUT2D eigenvalue weighted by Gasteiger charge is 1.90.